The van der Waals surface area contributed by atoms with Crippen LogP contribution in [0.4, 0.5) is 10.6 Å². The minimum absolute atomic E-state index is 0.298. The van der Waals surface area contributed by atoms with Crippen molar-refractivity contribution in [1.82, 2.24) is 15.2 Å². The van der Waals surface area contributed by atoms with Crippen LogP contribution in [0.1, 0.15) is 45.4 Å². The number of nitrogens with one attached hydrogen (secondary N) is 1. The predicted molar refractivity (Wildman–Crippen MR) is 113 cm³/mol. The highest BCUT2D eigenvalue weighted by atomic mass is 16.6. The average molecular weight is 417 g/mol. The summed E-state index contributed by atoms with van der Waals surface area (Å²) in [4.78, 5) is 33.9. The lowest BCUT2D eigenvalue weighted by Crippen LogP contribution is -2.50. The number of likely N-dealkylation sites (tertiary alicyclic amines) is 1. The first-order valence-corrected chi connectivity index (χ1v) is 11.2. The summed E-state index contributed by atoms with van der Waals surface area (Å²) in [6.07, 6.45) is 6.70. The lowest BCUT2D eigenvalue weighted by molar-refractivity contribution is -0.139. The fourth-order valence-corrected chi connectivity index (χ4v) is 4.89. The highest BCUT2D eigenvalue weighted by Crippen LogP contribution is 2.42. The molecular weight excluding hydrogens is 384 g/mol. The third-order valence-corrected chi connectivity index (χ3v) is 6.53. The molecule has 4 heterocycles. The molecule has 1 atom stereocenters. The van der Waals surface area contributed by atoms with Gasteiger partial charge in [0.1, 0.15) is 5.82 Å². The van der Waals surface area contributed by atoms with E-state index in [9.17, 15) is 9.59 Å². The standard InChI is InChI=1S/C22H32N4O4/c1-2-10-23-21(28)30-18-4-5-19(24-15-18)25-11-3-8-22(16-25)9-12-26(20(22)27)17-6-13-29-14-7-17/h4-5,15,17H,2-3,6-14,16H2,1H3,(H,23,28)/t22-/m1/s1. The van der Waals surface area contributed by atoms with E-state index in [1.807, 2.05) is 13.0 Å². The van der Waals surface area contributed by atoms with E-state index in [0.29, 0.717) is 30.8 Å². The second-order valence-electron chi connectivity index (χ2n) is 8.57. The molecular formula is C22H32N4O4. The first-order chi connectivity index (χ1) is 14.6. The van der Waals surface area contributed by atoms with Crippen LogP contribution in [-0.2, 0) is 9.53 Å². The quantitative estimate of drug-likeness (QED) is 0.794. The summed E-state index contributed by atoms with van der Waals surface area (Å²) in [7, 11) is 0. The van der Waals surface area contributed by atoms with Crippen molar-refractivity contribution in [2.24, 2.45) is 5.41 Å². The predicted octanol–water partition coefficient (Wildman–Crippen LogP) is 2.58. The third-order valence-electron chi connectivity index (χ3n) is 6.53. The highest BCUT2D eigenvalue weighted by molar-refractivity contribution is 5.86. The minimum atomic E-state index is -0.465. The Morgan fingerprint density at radius 1 is 1.30 bits per heavy atom. The van der Waals surface area contributed by atoms with Crippen molar-refractivity contribution >= 4 is 17.8 Å². The van der Waals surface area contributed by atoms with Crippen molar-refractivity contribution in [3.63, 3.8) is 0 Å². The summed E-state index contributed by atoms with van der Waals surface area (Å²) in [5, 5.41) is 2.68. The number of carbonyl (C=O) groups is 2. The molecule has 1 spiro atoms. The molecule has 4 rings (SSSR count). The number of pyridine rings is 1. The summed E-state index contributed by atoms with van der Waals surface area (Å²) in [5.41, 5.74) is -0.298. The van der Waals surface area contributed by atoms with Crippen LogP contribution >= 0.6 is 0 Å². The van der Waals surface area contributed by atoms with E-state index in [4.69, 9.17) is 9.47 Å². The van der Waals surface area contributed by atoms with Gasteiger partial charge in [-0.05, 0) is 50.7 Å². The van der Waals surface area contributed by atoms with E-state index >= 15 is 0 Å². The number of anilines is 1. The van der Waals surface area contributed by atoms with Gasteiger partial charge in [-0.25, -0.2) is 9.78 Å². The van der Waals surface area contributed by atoms with E-state index in [-0.39, 0.29) is 5.41 Å². The number of ether oxygens (including phenoxy) is 2. The Morgan fingerprint density at radius 3 is 2.87 bits per heavy atom. The largest absolute Gasteiger partial charge is 0.412 e. The summed E-state index contributed by atoms with van der Waals surface area (Å²) in [6, 6.07) is 3.96. The second kappa shape index (κ2) is 9.20. The number of carbonyl (C=O) groups excluding carboxylic acids is 2. The SMILES string of the molecule is CCCNC(=O)Oc1ccc(N2CCC[C@@]3(CCN(C4CCOCC4)C3=O)C2)nc1. The smallest absolute Gasteiger partial charge is 0.409 e. The van der Waals surface area contributed by atoms with Gasteiger partial charge in [-0.1, -0.05) is 6.92 Å². The van der Waals surface area contributed by atoms with Crippen LogP contribution in [0.15, 0.2) is 18.3 Å². The Labute approximate surface area is 177 Å². The van der Waals surface area contributed by atoms with Gasteiger partial charge in [0, 0.05) is 45.4 Å². The first-order valence-electron chi connectivity index (χ1n) is 11.2. The zero-order valence-corrected chi connectivity index (χ0v) is 17.8. The van der Waals surface area contributed by atoms with E-state index < -0.39 is 6.09 Å². The molecule has 3 fully saturated rings. The summed E-state index contributed by atoms with van der Waals surface area (Å²) in [6.45, 7) is 6.51. The summed E-state index contributed by atoms with van der Waals surface area (Å²) < 4.78 is 10.7. The van der Waals surface area contributed by atoms with Crippen LogP contribution in [0.2, 0.25) is 0 Å². The average Bonchev–Trinajstić information content (AvgIpc) is 3.09. The molecule has 30 heavy (non-hydrogen) atoms. The topological polar surface area (TPSA) is 84.0 Å². The van der Waals surface area contributed by atoms with Crippen LogP contribution in [-0.4, -0.2) is 67.3 Å². The molecule has 0 saturated carbocycles. The number of rotatable bonds is 5. The van der Waals surface area contributed by atoms with Gasteiger partial charge in [-0.3, -0.25) is 4.79 Å². The molecule has 164 valence electrons. The van der Waals surface area contributed by atoms with Gasteiger partial charge in [-0.2, -0.15) is 0 Å². The maximum Gasteiger partial charge on any atom is 0.412 e. The lowest BCUT2D eigenvalue weighted by atomic mass is 9.78. The molecule has 2 amide bonds. The van der Waals surface area contributed by atoms with Gasteiger partial charge in [-0.15, -0.1) is 0 Å². The molecule has 1 aromatic rings. The molecule has 1 N–H and O–H groups in total. The highest BCUT2D eigenvalue weighted by Gasteiger charge is 2.50. The van der Waals surface area contributed by atoms with Gasteiger partial charge in [0.25, 0.3) is 0 Å². The van der Waals surface area contributed by atoms with Crippen molar-refractivity contribution < 1.29 is 19.1 Å². The summed E-state index contributed by atoms with van der Waals surface area (Å²) >= 11 is 0. The molecule has 0 aliphatic carbocycles. The normalized spacial score (nSPS) is 25.0. The molecule has 0 aromatic carbocycles. The molecule has 3 aliphatic rings. The molecule has 0 unspecified atom stereocenters. The molecule has 8 nitrogen and oxygen atoms in total. The molecule has 3 aliphatic heterocycles. The van der Waals surface area contributed by atoms with E-state index in [1.54, 1.807) is 12.3 Å². The van der Waals surface area contributed by atoms with Crippen molar-refractivity contribution in [3.05, 3.63) is 18.3 Å². The van der Waals surface area contributed by atoms with Gasteiger partial charge < -0.3 is 24.6 Å². The Balaban J connectivity index is 1.39. The van der Waals surface area contributed by atoms with Crippen LogP contribution in [0.3, 0.4) is 0 Å². The Kier molecular flexibility index (Phi) is 6.41. The number of hydrogen-bond donors (Lipinski definition) is 1. The van der Waals surface area contributed by atoms with E-state index in [1.165, 1.54) is 0 Å². The monoisotopic (exact) mass is 416 g/mol. The van der Waals surface area contributed by atoms with Crippen molar-refractivity contribution in [3.8, 4) is 5.75 Å². The number of hydrogen-bond acceptors (Lipinski definition) is 6. The number of piperidine rings is 1. The Bertz CT molecular complexity index is 750. The molecule has 0 radical (unpaired) electrons. The summed E-state index contributed by atoms with van der Waals surface area (Å²) in [5.74, 6) is 1.56. The fourth-order valence-electron chi connectivity index (χ4n) is 4.89. The number of nitrogens with zero attached hydrogens (tertiary/aromatic N) is 3. The van der Waals surface area contributed by atoms with E-state index in [2.05, 4.69) is 20.1 Å². The maximum absolute atomic E-state index is 13.4. The van der Waals surface area contributed by atoms with Crippen molar-refractivity contribution in [2.45, 2.75) is 51.5 Å². The zero-order valence-electron chi connectivity index (χ0n) is 17.8. The number of aromatic nitrogens is 1. The molecule has 8 heteroatoms. The maximum atomic E-state index is 13.4. The van der Waals surface area contributed by atoms with E-state index in [0.717, 1.165) is 70.6 Å². The van der Waals surface area contributed by atoms with Crippen LogP contribution in [0.5, 0.6) is 5.75 Å². The fraction of sp³-hybridized carbons (Fsp3) is 0.682. The first kappa shape index (κ1) is 20.9. The van der Waals surface area contributed by atoms with Crippen LogP contribution < -0.4 is 15.0 Å². The van der Waals surface area contributed by atoms with Crippen molar-refractivity contribution in [1.29, 1.82) is 0 Å². The lowest BCUT2D eigenvalue weighted by Gasteiger charge is -2.40. The molecule has 0 bridgehead atoms. The van der Waals surface area contributed by atoms with Gasteiger partial charge in [0.2, 0.25) is 5.91 Å². The second-order valence-corrected chi connectivity index (χ2v) is 8.57. The van der Waals surface area contributed by atoms with Crippen LogP contribution in [0, 0.1) is 5.41 Å². The van der Waals surface area contributed by atoms with Gasteiger partial charge in [0.05, 0.1) is 11.6 Å². The Morgan fingerprint density at radius 2 is 2.13 bits per heavy atom. The van der Waals surface area contributed by atoms with Gasteiger partial charge >= 0.3 is 6.09 Å². The molecule has 1 aromatic heterocycles. The van der Waals surface area contributed by atoms with Gasteiger partial charge in [0.15, 0.2) is 5.75 Å². The Hall–Kier alpha value is -2.35. The van der Waals surface area contributed by atoms with Crippen LogP contribution in [0.25, 0.3) is 0 Å². The minimum Gasteiger partial charge on any atom is -0.409 e. The third kappa shape index (κ3) is 4.38. The molecule has 3 saturated heterocycles. The zero-order chi connectivity index (χ0) is 21.0. The number of amides is 2. The van der Waals surface area contributed by atoms with Crippen molar-refractivity contribution in [2.75, 3.05) is 44.3 Å².